The number of hydrogen-bond donors (Lipinski definition) is 0. The van der Waals surface area contributed by atoms with Gasteiger partial charge in [-0.25, -0.2) is 9.48 Å². The van der Waals surface area contributed by atoms with Crippen molar-refractivity contribution in [2.45, 2.75) is 57.6 Å². The largest absolute Gasteiger partial charge is 0.444 e. The summed E-state index contributed by atoms with van der Waals surface area (Å²) >= 11 is 0. The molecule has 6 nitrogen and oxygen atoms in total. The van der Waals surface area contributed by atoms with E-state index in [4.69, 9.17) is 4.74 Å². The Balaban J connectivity index is 1.59. The average molecular weight is 278 g/mol. The lowest BCUT2D eigenvalue weighted by atomic mass is 10.2. The van der Waals surface area contributed by atoms with Crippen molar-refractivity contribution in [2.24, 2.45) is 0 Å². The van der Waals surface area contributed by atoms with E-state index in [0.717, 1.165) is 18.7 Å². The Hall–Kier alpha value is -1.59. The van der Waals surface area contributed by atoms with Gasteiger partial charge in [0.25, 0.3) is 0 Å². The molecule has 0 N–H and O–H groups in total. The lowest BCUT2D eigenvalue weighted by molar-refractivity contribution is 0.0288. The van der Waals surface area contributed by atoms with E-state index in [1.165, 1.54) is 12.8 Å². The first kappa shape index (κ1) is 13.4. The van der Waals surface area contributed by atoms with Crippen LogP contribution in [0.4, 0.5) is 4.79 Å². The van der Waals surface area contributed by atoms with E-state index in [1.54, 1.807) is 4.90 Å². The number of nitrogens with zero attached hydrogens (tertiary/aromatic N) is 4. The summed E-state index contributed by atoms with van der Waals surface area (Å²) in [6, 6.07) is 0.225. The van der Waals surface area contributed by atoms with Crippen LogP contribution in [0.3, 0.4) is 0 Å². The van der Waals surface area contributed by atoms with E-state index >= 15 is 0 Å². The van der Waals surface area contributed by atoms with Gasteiger partial charge in [0.2, 0.25) is 0 Å². The minimum absolute atomic E-state index is 0.225. The number of ether oxygens (including phenoxy) is 1. The third-order valence-electron chi connectivity index (χ3n) is 3.71. The van der Waals surface area contributed by atoms with Crippen LogP contribution in [0.1, 0.15) is 57.7 Å². The highest BCUT2D eigenvalue weighted by Gasteiger charge is 2.32. The van der Waals surface area contributed by atoms with E-state index in [1.807, 2.05) is 31.6 Å². The van der Waals surface area contributed by atoms with Gasteiger partial charge in [-0.1, -0.05) is 5.21 Å². The normalized spacial score (nSPS) is 23.1. The summed E-state index contributed by atoms with van der Waals surface area (Å²) in [5.74, 6) is 0.618. The highest BCUT2D eigenvalue weighted by atomic mass is 16.6. The first-order chi connectivity index (χ1) is 9.42. The van der Waals surface area contributed by atoms with E-state index in [-0.39, 0.29) is 12.1 Å². The molecule has 1 aromatic heterocycles. The molecule has 2 heterocycles. The standard InChI is InChI=1S/C14H22N4O2/c1-14(2,3)20-13(19)17-7-6-11(8-17)18-9-12(15-16-18)10-4-5-10/h9-11H,4-8H2,1-3H3. The maximum atomic E-state index is 12.0. The summed E-state index contributed by atoms with van der Waals surface area (Å²) in [7, 11) is 0. The lowest BCUT2D eigenvalue weighted by Crippen LogP contribution is -2.35. The predicted molar refractivity (Wildman–Crippen MR) is 73.5 cm³/mol. The number of carbonyl (C=O) groups is 1. The van der Waals surface area contributed by atoms with Crippen LogP contribution >= 0.6 is 0 Å². The third-order valence-corrected chi connectivity index (χ3v) is 3.71. The highest BCUT2D eigenvalue weighted by molar-refractivity contribution is 5.68. The zero-order valence-corrected chi connectivity index (χ0v) is 12.4. The van der Waals surface area contributed by atoms with Gasteiger partial charge in [-0.3, -0.25) is 0 Å². The molecule has 1 amide bonds. The van der Waals surface area contributed by atoms with Gasteiger partial charge in [0.05, 0.1) is 11.7 Å². The Bertz CT molecular complexity index is 502. The molecule has 0 aromatic carbocycles. The van der Waals surface area contributed by atoms with Crippen LogP contribution in [0.25, 0.3) is 0 Å². The number of likely N-dealkylation sites (tertiary alicyclic amines) is 1. The molecule has 2 fully saturated rings. The molecule has 0 bridgehead atoms. The molecule has 1 atom stereocenters. The van der Waals surface area contributed by atoms with Gasteiger partial charge in [-0.15, -0.1) is 5.10 Å². The van der Waals surface area contributed by atoms with Crippen molar-refractivity contribution in [1.29, 1.82) is 0 Å². The first-order valence-corrected chi connectivity index (χ1v) is 7.32. The smallest absolute Gasteiger partial charge is 0.410 e. The van der Waals surface area contributed by atoms with Gasteiger partial charge < -0.3 is 9.64 Å². The van der Waals surface area contributed by atoms with Crippen molar-refractivity contribution in [1.82, 2.24) is 19.9 Å². The second-order valence-electron chi connectivity index (χ2n) is 6.77. The molecule has 0 radical (unpaired) electrons. The van der Waals surface area contributed by atoms with Crippen molar-refractivity contribution in [3.63, 3.8) is 0 Å². The number of hydrogen-bond acceptors (Lipinski definition) is 4. The predicted octanol–water partition coefficient (Wildman–Crippen LogP) is 2.34. The van der Waals surface area contributed by atoms with Crippen LogP contribution in [0.15, 0.2) is 6.20 Å². The van der Waals surface area contributed by atoms with Crippen LogP contribution in [-0.2, 0) is 4.74 Å². The minimum Gasteiger partial charge on any atom is -0.444 e. The molecule has 1 aromatic rings. The zero-order chi connectivity index (χ0) is 14.3. The summed E-state index contributed by atoms with van der Waals surface area (Å²) in [4.78, 5) is 13.8. The quantitative estimate of drug-likeness (QED) is 0.833. The Morgan fingerprint density at radius 3 is 2.75 bits per heavy atom. The van der Waals surface area contributed by atoms with Crippen molar-refractivity contribution in [2.75, 3.05) is 13.1 Å². The Labute approximate surface area is 119 Å². The number of amides is 1. The van der Waals surface area contributed by atoms with Crippen molar-refractivity contribution in [3.8, 4) is 0 Å². The van der Waals surface area contributed by atoms with Gasteiger partial charge in [0.1, 0.15) is 5.60 Å². The Morgan fingerprint density at radius 2 is 2.10 bits per heavy atom. The highest BCUT2D eigenvalue weighted by Crippen LogP contribution is 2.39. The molecule has 1 aliphatic heterocycles. The van der Waals surface area contributed by atoms with Crippen LogP contribution in [0, 0.1) is 0 Å². The van der Waals surface area contributed by atoms with Crippen molar-refractivity contribution < 1.29 is 9.53 Å². The summed E-state index contributed by atoms with van der Waals surface area (Å²) in [5.41, 5.74) is 0.655. The molecule has 6 heteroatoms. The molecule has 3 rings (SSSR count). The second kappa shape index (κ2) is 4.75. The first-order valence-electron chi connectivity index (χ1n) is 7.32. The summed E-state index contributed by atoms with van der Waals surface area (Å²) in [6.45, 7) is 7.04. The van der Waals surface area contributed by atoms with E-state index in [2.05, 4.69) is 10.3 Å². The van der Waals surface area contributed by atoms with Gasteiger partial charge in [-0.2, -0.15) is 0 Å². The van der Waals surface area contributed by atoms with Crippen LogP contribution in [0.5, 0.6) is 0 Å². The fourth-order valence-electron chi connectivity index (χ4n) is 2.49. The lowest BCUT2D eigenvalue weighted by Gasteiger charge is -2.24. The zero-order valence-electron chi connectivity index (χ0n) is 12.4. The maximum Gasteiger partial charge on any atom is 0.410 e. The third kappa shape index (κ3) is 2.94. The molecular formula is C14H22N4O2. The minimum atomic E-state index is -0.443. The molecule has 1 saturated carbocycles. The SMILES string of the molecule is CC(C)(C)OC(=O)N1CCC(n2cc(C3CC3)nn2)C1. The molecule has 1 aliphatic carbocycles. The molecule has 110 valence electrons. The Kier molecular flexibility index (Phi) is 3.18. The maximum absolute atomic E-state index is 12.0. The monoisotopic (exact) mass is 278 g/mol. The van der Waals surface area contributed by atoms with Gasteiger partial charge in [-0.05, 0) is 40.0 Å². The van der Waals surface area contributed by atoms with E-state index in [9.17, 15) is 4.79 Å². The molecule has 1 unspecified atom stereocenters. The summed E-state index contributed by atoms with van der Waals surface area (Å²) in [5, 5.41) is 8.45. The van der Waals surface area contributed by atoms with E-state index in [0.29, 0.717) is 12.5 Å². The number of rotatable bonds is 2. The number of aromatic nitrogens is 3. The Morgan fingerprint density at radius 1 is 1.35 bits per heavy atom. The molecular weight excluding hydrogens is 256 g/mol. The van der Waals surface area contributed by atoms with Gasteiger partial charge in [0.15, 0.2) is 0 Å². The van der Waals surface area contributed by atoms with Gasteiger partial charge in [0, 0.05) is 25.2 Å². The van der Waals surface area contributed by atoms with Crippen LogP contribution < -0.4 is 0 Å². The summed E-state index contributed by atoms with van der Waals surface area (Å²) in [6.07, 6.45) is 5.18. The molecule has 20 heavy (non-hydrogen) atoms. The van der Waals surface area contributed by atoms with Crippen molar-refractivity contribution >= 4 is 6.09 Å². The molecule has 1 saturated heterocycles. The van der Waals surface area contributed by atoms with E-state index < -0.39 is 5.60 Å². The molecule has 2 aliphatic rings. The average Bonchev–Trinajstić information content (AvgIpc) is 2.91. The summed E-state index contributed by atoms with van der Waals surface area (Å²) < 4.78 is 7.32. The van der Waals surface area contributed by atoms with Crippen LogP contribution in [0.2, 0.25) is 0 Å². The van der Waals surface area contributed by atoms with Crippen LogP contribution in [-0.4, -0.2) is 44.7 Å². The second-order valence-corrected chi connectivity index (χ2v) is 6.77. The number of carbonyl (C=O) groups excluding carboxylic acids is 1. The topological polar surface area (TPSA) is 60.2 Å². The fraction of sp³-hybridized carbons (Fsp3) is 0.786. The van der Waals surface area contributed by atoms with Crippen molar-refractivity contribution in [3.05, 3.63) is 11.9 Å². The fourth-order valence-corrected chi connectivity index (χ4v) is 2.49. The van der Waals surface area contributed by atoms with Gasteiger partial charge >= 0.3 is 6.09 Å². The molecule has 0 spiro atoms.